The Balaban J connectivity index is 2.03. The third-order valence-electron chi connectivity index (χ3n) is 4.57. The molecule has 4 nitrogen and oxygen atoms in total. The first kappa shape index (κ1) is 19.7. The van der Waals surface area contributed by atoms with E-state index in [1.807, 2.05) is 31.2 Å². The Morgan fingerprint density at radius 2 is 2.12 bits per heavy atom. The van der Waals surface area contributed by atoms with E-state index in [9.17, 15) is 0 Å². The zero-order valence-corrected chi connectivity index (χ0v) is 15.8. The Bertz CT molecular complexity index is 554. The molecule has 0 unspecified atom stereocenters. The van der Waals surface area contributed by atoms with Crippen LogP contribution in [0.15, 0.2) is 53.1 Å². The van der Waals surface area contributed by atoms with Crippen molar-refractivity contribution in [2.75, 3.05) is 19.8 Å². The maximum atomic E-state index is 6.03. The summed E-state index contributed by atoms with van der Waals surface area (Å²) in [5.74, 6) is 0.922. The van der Waals surface area contributed by atoms with Crippen molar-refractivity contribution in [2.24, 2.45) is 4.99 Å². The predicted molar refractivity (Wildman–Crippen MR) is 105 cm³/mol. The Labute approximate surface area is 152 Å². The Kier molecular flexibility index (Phi) is 8.16. The molecular weight excluding hydrogens is 312 g/mol. The Morgan fingerprint density at radius 3 is 2.80 bits per heavy atom. The van der Waals surface area contributed by atoms with Crippen molar-refractivity contribution in [1.29, 1.82) is 0 Å². The van der Waals surface area contributed by atoms with Crippen LogP contribution in [-0.2, 0) is 9.47 Å². The third kappa shape index (κ3) is 5.98. The van der Waals surface area contributed by atoms with Gasteiger partial charge >= 0.3 is 0 Å². The number of amidine groups is 1. The third-order valence-corrected chi connectivity index (χ3v) is 4.57. The second kappa shape index (κ2) is 10.4. The zero-order valence-electron chi connectivity index (χ0n) is 15.8. The molecule has 0 saturated carbocycles. The zero-order chi connectivity index (χ0) is 18.1. The lowest BCUT2D eigenvalue weighted by Gasteiger charge is -2.23. The normalized spacial score (nSPS) is 25.6. The van der Waals surface area contributed by atoms with Crippen LogP contribution >= 0.6 is 0 Å². The molecule has 2 atom stereocenters. The Hall–Kier alpha value is -1.65. The van der Waals surface area contributed by atoms with E-state index in [2.05, 4.69) is 31.8 Å². The Morgan fingerprint density at radius 1 is 1.36 bits per heavy atom. The van der Waals surface area contributed by atoms with Crippen molar-refractivity contribution in [3.05, 3.63) is 48.1 Å². The molecule has 0 aromatic carbocycles. The first-order chi connectivity index (χ1) is 12.2. The van der Waals surface area contributed by atoms with Crippen LogP contribution < -0.4 is 5.32 Å². The highest BCUT2D eigenvalue weighted by molar-refractivity contribution is 5.86. The molecule has 2 aliphatic heterocycles. The van der Waals surface area contributed by atoms with E-state index in [0.717, 1.165) is 43.9 Å². The molecule has 0 aromatic rings. The lowest BCUT2D eigenvalue weighted by atomic mass is 9.95. The molecule has 0 spiro atoms. The quantitative estimate of drug-likeness (QED) is 0.535. The molecule has 1 saturated heterocycles. The summed E-state index contributed by atoms with van der Waals surface area (Å²) in [6.07, 6.45) is 13.6. The van der Waals surface area contributed by atoms with E-state index in [4.69, 9.17) is 14.5 Å². The van der Waals surface area contributed by atoms with E-state index >= 15 is 0 Å². The first-order valence-corrected chi connectivity index (χ1v) is 9.33. The predicted octanol–water partition coefficient (Wildman–Crippen LogP) is 3.97. The molecule has 0 amide bonds. The highest BCUT2D eigenvalue weighted by Crippen LogP contribution is 2.23. The van der Waals surface area contributed by atoms with E-state index in [1.54, 1.807) is 0 Å². The van der Waals surface area contributed by atoms with Gasteiger partial charge < -0.3 is 14.8 Å². The summed E-state index contributed by atoms with van der Waals surface area (Å²) in [4.78, 5) is 4.87. The summed E-state index contributed by atoms with van der Waals surface area (Å²) in [5, 5.41) is 3.55. The average molecular weight is 344 g/mol. The number of allylic oxidation sites excluding steroid dienone is 4. The number of hydrogen-bond acceptors (Lipinski definition) is 4. The van der Waals surface area contributed by atoms with Crippen LogP contribution in [0.3, 0.4) is 0 Å². The van der Waals surface area contributed by atoms with Gasteiger partial charge in [-0.15, -0.1) is 0 Å². The van der Waals surface area contributed by atoms with Gasteiger partial charge in [-0.3, -0.25) is 4.99 Å². The average Bonchev–Trinajstić information content (AvgIpc) is 3.06. The SMILES string of the molecule is C=C(/C=C\C=C/C)[C@H]1N=C(COC2CCOCC2)N[C@H]1/C(C)=C/CC. The van der Waals surface area contributed by atoms with Gasteiger partial charge in [0, 0.05) is 13.2 Å². The van der Waals surface area contributed by atoms with Gasteiger partial charge in [-0.1, -0.05) is 49.5 Å². The fraction of sp³-hybridized carbons (Fsp3) is 0.571. The summed E-state index contributed by atoms with van der Waals surface area (Å²) in [7, 11) is 0. The van der Waals surface area contributed by atoms with E-state index < -0.39 is 0 Å². The van der Waals surface area contributed by atoms with E-state index in [1.165, 1.54) is 5.57 Å². The fourth-order valence-corrected chi connectivity index (χ4v) is 3.15. The van der Waals surface area contributed by atoms with Crippen LogP contribution in [0.25, 0.3) is 0 Å². The van der Waals surface area contributed by atoms with Crippen LogP contribution in [0.4, 0.5) is 0 Å². The van der Waals surface area contributed by atoms with Gasteiger partial charge in [0.1, 0.15) is 18.5 Å². The van der Waals surface area contributed by atoms with Gasteiger partial charge in [-0.05, 0) is 38.7 Å². The molecule has 0 bridgehead atoms. The monoisotopic (exact) mass is 344 g/mol. The lowest BCUT2D eigenvalue weighted by molar-refractivity contribution is -0.0193. The molecule has 25 heavy (non-hydrogen) atoms. The largest absolute Gasteiger partial charge is 0.381 e. The standard InChI is InChI=1S/C21H32N2O2/c1-5-7-8-10-17(4)21-20(16(3)9-6-2)22-19(23-21)15-25-18-11-13-24-14-12-18/h5,7-10,18,20-21H,4,6,11-15H2,1-3H3,(H,22,23)/b7-5-,10-8-,16-9+/t20-,21+/m0/s1. The van der Waals surface area contributed by atoms with Crippen LogP contribution in [-0.4, -0.2) is 43.8 Å². The van der Waals surface area contributed by atoms with Gasteiger partial charge in [0.15, 0.2) is 0 Å². The molecule has 2 rings (SSSR count). The molecule has 1 fully saturated rings. The summed E-state index contributed by atoms with van der Waals surface area (Å²) in [6, 6.07) is 0.189. The minimum atomic E-state index is 0.0256. The van der Waals surface area contributed by atoms with Gasteiger partial charge in [-0.2, -0.15) is 0 Å². The molecule has 0 aromatic heterocycles. The van der Waals surface area contributed by atoms with Crippen molar-refractivity contribution in [2.45, 2.75) is 58.2 Å². The molecule has 138 valence electrons. The second-order valence-corrected chi connectivity index (χ2v) is 6.58. The van der Waals surface area contributed by atoms with Gasteiger partial charge in [0.2, 0.25) is 0 Å². The molecule has 0 radical (unpaired) electrons. The summed E-state index contributed by atoms with van der Waals surface area (Å²) < 4.78 is 11.4. The van der Waals surface area contributed by atoms with Crippen LogP contribution in [0.1, 0.15) is 40.0 Å². The van der Waals surface area contributed by atoms with E-state index in [-0.39, 0.29) is 18.2 Å². The maximum absolute atomic E-state index is 6.03. The first-order valence-electron chi connectivity index (χ1n) is 9.33. The molecule has 1 N–H and O–H groups in total. The van der Waals surface area contributed by atoms with Crippen molar-refractivity contribution >= 4 is 5.84 Å². The number of nitrogens with zero attached hydrogens (tertiary/aromatic N) is 1. The molecule has 4 heteroatoms. The summed E-state index contributed by atoms with van der Waals surface area (Å²) >= 11 is 0. The number of ether oxygens (including phenoxy) is 2. The maximum Gasteiger partial charge on any atom is 0.124 e. The van der Waals surface area contributed by atoms with Crippen molar-refractivity contribution in [3.8, 4) is 0 Å². The lowest BCUT2D eigenvalue weighted by Crippen LogP contribution is -2.38. The van der Waals surface area contributed by atoms with Crippen LogP contribution in [0.5, 0.6) is 0 Å². The summed E-state index contributed by atoms with van der Waals surface area (Å²) in [5.41, 5.74) is 2.32. The minimum Gasteiger partial charge on any atom is -0.381 e. The fourth-order valence-electron chi connectivity index (χ4n) is 3.15. The molecular formula is C21H32N2O2. The summed E-state index contributed by atoms with van der Waals surface area (Å²) in [6.45, 7) is 12.7. The highest BCUT2D eigenvalue weighted by atomic mass is 16.5. The van der Waals surface area contributed by atoms with Crippen molar-refractivity contribution in [3.63, 3.8) is 0 Å². The number of nitrogens with one attached hydrogen (secondary N) is 1. The van der Waals surface area contributed by atoms with Gasteiger partial charge in [0.05, 0.1) is 12.1 Å². The van der Waals surface area contributed by atoms with E-state index in [0.29, 0.717) is 6.61 Å². The highest BCUT2D eigenvalue weighted by Gasteiger charge is 2.31. The number of aliphatic imine (C=N–C) groups is 1. The smallest absolute Gasteiger partial charge is 0.124 e. The number of rotatable bonds is 8. The number of hydrogen-bond donors (Lipinski definition) is 1. The minimum absolute atomic E-state index is 0.0256. The topological polar surface area (TPSA) is 42.9 Å². The van der Waals surface area contributed by atoms with Crippen molar-refractivity contribution < 1.29 is 9.47 Å². The molecule has 2 aliphatic rings. The van der Waals surface area contributed by atoms with Crippen molar-refractivity contribution in [1.82, 2.24) is 5.32 Å². The molecule has 0 aliphatic carbocycles. The van der Waals surface area contributed by atoms with Crippen LogP contribution in [0, 0.1) is 0 Å². The van der Waals surface area contributed by atoms with Gasteiger partial charge in [0.25, 0.3) is 0 Å². The second-order valence-electron chi connectivity index (χ2n) is 6.58. The van der Waals surface area contributed by atoms with Gasteiger partial charge in [-0.25, -0.2) is 0 Å². The molecule has 2 heterocycles. The van der Waals surface area contributed by atoms with Crippen LogP contribution in [0.2, 0.25) is 0 Å².